The fourth-order valence-corrected chi connectivity index (χ4v) is 2.89. The Morgan fingerprint density at radius 2 is 1.82 bits per heavy atom. The van der Waals surface area contributed by atoms with Crippen LogP contribution in [0.2, 0.25) is 0 Å². The average Bonchev–Trinajstić information content (AvgIpc) is 3.60. The molecule has 3 amide bonds. The Balaban J connectivity index is 1.57. The Morgan fingerprint density at radius 1 is 1.03 bits per heavy atom. The normalized spacial score (nSPS) is 12.8. The number of ether oxygens (including phenoxy) is 2. The van der Waals surface area contributed by atoms with E-state index >= 15 is 0 Å². The SMILES string of the molecule is CCOc1cc(/C=N\NC(=O)C(=O)NC2CC2)ccc1OCC(=O)Nc1cc(C)ccc1C. The molecule has 0 unspecified atom stereocenters. The van der Waals surface area contributed by atoms with Crippen molar-refractivity contribution in [1.82, 2.24) is 10.7 Å². The van der Waals surface area contributed by atoms with Crippen LogP contribution in [-0.2, 0) is 14.4 Å². The van der Waals surface area contributed by atoms with Crippen molar-refractivity contribution in [1.29, 1.82) is 0 Å². The number of hydrogen-bond donors (Lipinski definition) is 3. The molecule has 0 aliphatic heterocycles. The van der Waals surface area contributed by atoms with Crippen molar-refractivity contribution in [3.8, 4) is 11.5 Å². The summed E-state index contributed by atoms with van der Waals surface area (Å²) in [6.07, 6.45) is 3.18. The molecule has 3 N–H and O–H groups in total. The Labute approximate surface area is 192 Å². The highest BCUT2D eigenvalue weighted by atomic mass is 16.5. The van der Waals surface area contributed by atoms with Crippen molar-refractivity contribution in [2.75, 3.05) is 18.5 Å². The highest BCUT2D eigenvalue weighted by Gasteiger charge is 2.26. The third-order valence-corrected chi connectivity index (χ3v) is 4.79. The Bertz CT molecular complexity index is 1060. The second-order valence-electron chi connectivity index (χ2n) is 7.74. The number of nitrogens with one attached hydrogen (secondary N) is 3. The van der Waals surface area contributed by atoms with Crippen LogP contribution in [0.1, 0.15) is 36.5 Å². The number of nitrogens with zero attached hydrogens (tertiary/aromatic N) is 1. The largest absolute Gasteiger partial charge is 0.490 e. The van der Waals surface area contributed by atoms with E-state index in [9.17, 15) is 14.4 Å². The highest BCUT2D eigenvalue weighted by Crippen LogP contribution is 2.28. The van der Waals surface area contributed by atoms with Gasteiger partial charge in [0.2, 0.25) is 0 Å². The van der Waals surface area contributed by atoms with E-state index in [1.807, 2.05) is 39.0 Å². The van der Waals surface area contributed by atoms with E-state index in [0.717, 1.165) is 29.7 Å². The average molecular weight is 453 g/mol. The third kappa shape index (κ3) is 7.34. The monoisotopic (exact) mass is 452 g/mol. The van der Waals surface area contributed by atoms with Crippen LogP contribution in [0.4, 0.5) is 5.69 Å². The molecule has 0 radical (unpaired) electrons. The van der Waals surface area contributed by atoms with Crippen LogP contribution < -0.4 is 25.5 Å². The first-order valence-electron chi connectivity index (χ1n) is 10.8. The van der Waals surface area contributed by atoms with Gasteiger partial charge in [-0.25, -0.2) is 5.43 Å². The van der Waals surface area contributed by atoms with Crippen molar-refractivity contribution >= 4 is 29.6 Å². The van der Waals surface area contributed by atoms with Gasteiger partial charge in [0.15, 0.2) is 18.1 Å². The van der Waals surface area contributed by atoms with Crippen LogP contribution >= 0.6 is 0 Å². The van der Waals surface area contributed by atoms with Gasteiger partial charge in [-0.2, -0.15) is 5.10 Å². The number of rotatable bonds is 9. The lowest BCUT2D eigenvalue weighted by Gasteiger charge is -2.13. The summed E-state index contributed by atoms with van der Waals surface area (Å²) in [5, 5.41) is 9.25. The van der Waals surface area contributed by atoms with Gasteiger partial charge in [0.1, 0.15) is 0 Å². The summed E-state index contributed by atoms with van der Waals surface area (Å²) in [7, 11) is 0. The van der Waals surface area contributed by atoms with Gasteiger partial charge < -0.3 is 20.1 Å². The molecular formula is C24H28N4O5. The van der Waals surface area contributed by atoms with E-state index in [1.54, 1.807) is 18.2 Å². The molecule has 9 heteroatoms. The minimum Gasteiger partial charge on any atom is -0.490 e. The zero-order chi connectivity index (χ0) is 23.8. The van der Waals surface area contributed by atoms with Gasteiger partial charge in [-0.05, 0) is 74.6 Å². The van der Waals surface area contributed by atoms with Crippen LogP contribution in [0.5, 0.6) is 11.5 Å². The standard InChI is InChI=1S/C24H28N4O5/c1-4-32-21-12-17(13-25-28-24(31)23(30)26-18-8-9-18)7-10-20(21)33-14-22(29)27-19-11-15(2)5-6-16(19)3/h5-7,10-13,18H,4,8-9,14H2,1-3H3,(H,26,30)(H,27,29)(H,28,31)/b25-13-. The van der Waals surface area contributed by atoms with Gasteiger partial charge in [0.05, 0.1) is 12.8 Å². The fraction of sp³-hybridized carbons (Fsp3) is 0.333. The maximum atomic E-state index is 12.3. The molecule has 2 aromatic rings. The molecule has 3 rings (SSSR count). The van der Waals surface area contributed by atoms with E-state index in [4.69, 9.17) is 9.47 Å². The maximum Gasteiger partial charge on any atom is 0.329 e. The third-order valence-electron chi connectivity index (χ3n) is 4.79. The lowest BCUT2D eigenvalue weighted by Crippen LogP contribution is -2.38. The molecule has 0 heterocycles. The zero-order valence-electron chi connectivity index (χ0n) is 18.9. The Hall–Kier alpha value is -3.88. The first-order valence-corrected chi connectivity index (χ1v) is 10.8. The molecule has 1 aliphatic rings. The van der Waals surface area contributed by atoms with E-state index in [2.05, 4.69) is 21.2 Å². The minimum atomic E-state index is -0.821. The van der Waals surface area contributed by atoms with Crippen molar-refractivity contribution in [2.24, 2.45) is 5.10 Å². The highest BCUT2D eigenvalue weighted by molar-refractivity contribution is 6.35. The van der Waals surface area contributed by atoms with Gasteiger partial charge in [-0.3, -0.25) is 14.4 Å². The first-order chi connectivity index (χ1) is 15.9. The summed E-state index contributed by atoms with van der Waals surface area (Å²) in [6.45, 7) is 5.91. The number of aryl methyl sites for hydroxylation is 2. The van der Waals surface area contributed by atoms with E-state index in [1.165, 1.54) is 6.21 Å². The van der Waals surface area contributed by atoms with Crippen molar-refractivity contribution < 1.29 is 23.9 Å². The molecule has 1 fully saturated rings. The second kappa shape index (κ2) is 11.1. The van der Waals surface area contributed by atoms with E-state index in [-0.39, 0.29) is 18.6 Å². The van der Waals surface area contributed by atoms with Gasteiger partial charge in [0.25, 0.3) is 5.91 Å². The minimum absolute atomic E-state index is 0.0939. The number of hydrazone groups is 1. The molecule has 2 aromatic carbocycles. The molecular weight excluding hydrogens is 424 g/mol. The topological polar surface area (TPSA) is 118 Å². The summed E-state index contributed by atoms with van der Waals surface area (Å²) in [6, 6.07) is 10.9. The molecule has 9 nitrogen and oxygen atoms in total. The summed E-state index contributed by atoms with van der Waals surface area (Å²) < 4.78 is 11.3. The molecule has 0 saturated heterocycles. The summed E-state index contributed by atoms with van der Waals surface area (Å²) in [4.78, 5) is 35.7. The molecule has 1 aliphatic carbocycles. The summed E-state index contributed by atoms with van der Waals surface area (Å²) >= 11 is 0. The number of amides is 3. The number of anilines is 1. The first kappa shape index (κ1) is 23.8. The number of hydrogen-bond acceptors (Lipinski definition) is 6. The summed E-state index contributed by atoms with van der Waals surface area (Å²) in [5.41, 5.74) is 5.57. The molecule has 33 heavy (non-hydrogen) atoms. The van der Waals surface area contributed by atoms with Crippen LogP contribution in [0.15, 0.2) is 41.5 Å². The molecule has 0 bridgehead atoms. The molecule has 0 spiro atoms. The quantitative estimate of drug-likeness (QED) is 0.307. The lowest BCUT2D eigenvalue weighted by molar-refractivity contribution is -0.139. The van der Waals surface area contributed by atoms with Gasteiger partial charge in [0, 0.05) is 11.7 Å². The Morgan fingerprint density at radius 3 is 2.55 bits per heavy atom. The van der Waals surface area contributed by atoms with Gasteiger partial charge in [-0.1, -0.05) is 12.1 Å². The predicted molar refractivity (Wildman–Crippen MR) is 125 cm³/mol. The van der Waals surface area contributed by atoms with E-state index in [0.29, 0.717) is 23.7 Å². The fourth-order valence-electron chi connectivity index (χ4n) is 2.89. The molecule has 0 atom stereocenters. The predicted octanol–water partition coefficient (Wildman–Crippen LogP) is 2.45. The molecule has 1 saturated carbocycles. The number of carbonyl (C=O) groups is 3. The van der Waals surface area contributed by atoms with Gasteiger partial charge in [-0.15, -0.1) is 0 Å². The van der Waals surface area contributed by atoms with Gasteiger partial charge >= 0.3 is 11.8 Å². The molecule has 0 aromatic heterocycles. The lowest BCUT2D eigenvalue weighted by atomic mass is 10.1. The van der Waals surface area contributed by atoms with Crippen molar-refractivity contribution in [3.05, 3.63) is 53.1 Å². The van der Waals surface area contributed by atoms with Crippen LogP contribution in [-0.4, -0.2) is 43.2 Å². The summed E-state index contributed by atoms with van der Waals surface area (Å²) in [5.74, 6) is -0.980. The zero-order valence-corrected chi connectivity index (χ0v) is 18.9. The van der Waals surface area contributed by atoms with Crippen LogP contribution in [0, 0.1) is 13.8 Å². The van der Waals surface area contributed by atoms with E-state index < -0.39 is 11.8 Å². The number of carbonyl (C=O) groups excluding carboxylic acids is 3. The maximum absolute atomic E-state index is 12.3. The van der Waals surface area contributed by atoms with Crippen molar-refractivity contribution in [2.45, 2.75) is 39.7 Å². The smallest absolute Gasteiger partial charge is 0.329 e. The van der Waals surface area contributed by atoms with Crippen LogP contribution in [0.25, 0.3) is 0 Å². The number of benzene rings is 2. The van der Waals surface area contributed by atoms with Crippen LogP contribution in [0.3, 0.4) is 0 Å². The Kier molecular flexibility index (Phi) is 8.01. The molecule has 174 valence electrons. The second-order valence-corrected chi connectivity index (χ2v) is 7.74. The van der Waals surface area contributed by atoms with Crippen molar-refractivity contribution in [3.63, 3.8) is 0 Å².